The van der Waals surface area contributed by atoms with E-state index in [1.54, 1.807) is 6.26 Å². The average molecular weight is 678 g/mol. The van der Waals surface area contributed by atoms with Crippen molar-refractivity contribution in [3.63, 3.8) is 0 Å². The summed E-state index contributed by atoms with van der Waals surface area (Å²) in [6.45, 7) is 4.29. The third-order valence-corrected chi connectivity index (χ3v) is 13.0. The Balaban J connectivity index is 1.51. The number of pyridine rings is 1. The van der Waals surface area contributed by atoms with Crippen LogP contribution in [-0.2, 0) is 17.8 Å². The summed E-state index contributed by atoms with van der Waals surface area (Å²) in [4.78, 5) is 44.5. The Labute approximate surface area is 259 Å². The molecule has 2 radical (unpaired) electrons. The van der Waals surface area contributed by atoms with Gasteiger partial charge in [0.1, 0.15) is 0 Å². The average Bonchev–Trinajstić information content (AvgIpc) is 3.63. The summed E-state index contributed by atoms with van der Waals surface area (Å²) >= 11 is -0.721. The molecular weight excluding hydrogens is 645 g/mol. The van der Waals surface area contributed by atoms with Crippen LogP contribution in [-0.4, -0.2) is 46.9 Å². The maximum absolute atomic E-state index is 14.3. The Morgan fingerprint density at radius 3 is 2.79 bits per heavy atom. The number of amides is 1. The van der Waals surface area contributed by atoms with Gasteiger partial charge in [-0.2, -0.15) is 0 Å². The molecule has 3 aromatic heterocycles. The number of nitrogens with one attached hydrogen (secondary N) is 2. The van der Waals surface area contributed by atoms with Crippen LogP contribution in [0.5, 0.6) is 0 Å². The van der Waals surface area contributed by atoms with Gasteiger partial charge >= 0.3 is 260 Å². The summed E-state index contributed by atoms with van der Waals surface area (Å²) in [6, 6.07) is 13.6. The summed E-state index contributed by atoms with van der Waals surface area (Å²) in [5.41, 5.74) is 5.13. The van der Waals surface area contributed by atoms with Crippen molar-refractivity contribution in [2.45, 2.75) is 50.0 Å². The molecule has 2 aliphatic carbocycles. The molecule has 2 aromatic carbocycles. The summed E-state index contributed by atoms with van der Waals surface area (Å²) in [5.74, 6) is -0.134. The SMILES string of the molecule is CCc1cc2c(c(C3=CC=C[C@@H](C)CC3=O)c(C(=O)N[CH2][Sn][CH]3CC3)n2Cc2cc3ccccc3[nH]c2=O)c2occc12. The van der Waals surface area contributed by atoms with Crippen molar-refractivity contribution in [2.24, 2.45) is 5.92 Å². The number of nitrogens with zero attached hydrogens (tertiary/aromatic N) is 1. The van der Waals surface area contributed by atoms with Gasteiger partial charge in [0.2, 0.25) is 0 Å². The molecule has 1 amide bonds. The Kier molecular flexibility index (Phi) is 7.37. The molecule has 7 nitrogen and oxygen atoms in total. The van der Waals surface area contributed by atoms with E-state index in [1.807, 2.05) is 66.1 Å². The van der Waals surface area contributed by atoms with Crippen molar-refractivity contribution in [1.29, 1.82) is 0 Å². The van der Waals surface area contributed by atoms with Gasteiger partial charge in [0.05, 0.1) is 0 Å². The van der Waals surface area contributed by atoms with Crippen LogP contribution in [0.3, 0.4) is 0 Å². The second-order valence-corrected chi connectivity index (χ2v) is 16.2. The number of hydrogen-bond donors (Lipinski definition) is 2. The van der Waals surface area contributed by atoms with Crippen LogP contribution >= 0.6 is 0 Å². The fourth-order valence-corrected chi connectivity index (χ4v) is 9.44. The van der Waals surface area contributed by atoms with E-state index in [-0.39, 0.29) is 29.7 Å². The van der Waals surface area contributed by atoms with Gasteiger partial charge in [-0.3, -0.25) is 0 Å². The Morgan fingerprint density at radius 1 is 1.14 bits per heavy atom. The molecule has 0 spiro atoms. The van der Waals surface area contributed by atoms with Crippen LogP contribution in [0.1, 0.15) is 60.3 Å². The number of allylic oxidation sites excluding steroid dienone is 4. The number of furan rings is 1. The second-order valence-electron chi connectivity index (χ2n) is 11.7. The number of carbonyl (C=O) groups excluding carboxylic acids is 2. The molecule has 0 aliphatic heterocycles. The summed E-state index contributed by atoms with van der Waals surface area (Å²) in [6.07, 6.45) is 11.1. The van der Waals surface area contributed by atoms with E-state index in [0.29, 0.717) is 34.4 Å². The van der Waals surface area contributed by atoms with Crippen LogP contribution in [0.4, 0.5) is 0 Å². The van der Waals surface area contributed by atoms with Gasteiger partial charge in [-0.1, -0.05) is 0 Å². The Morgan fingerprint density at radius 2 is 1.98 bits per heavy atom. The van der Waals surface area contributed by atoms with Crippen LogP contribution in [0, 0.1) is 5.92 Å². The fraction of sp³-hybridized carbons (Fsp3) is 0.286. The molecule has 0 unspecified atom stereocenters. The molecular formula is C35H33N3O4Sn. The Bertz CT molecular complexity index is 2040. The monoisotopic (exact) mass is 679 g/mol. The quantitative estimate of drug-likeness (QED) is 0.187. The van der Waals surface area contributed by atoms with Crippen LogP contribution in [0.15, 0.2) is 76.2 Å². The molecule has 5 aromatic rings. The number of ketones is 1. The molecule has 3 heterocycles. The third kappa shape index (κ3) is 5.17. The number of para-hydroxylation sites is 1. The molecule has 2 aliphatic rings. The number of H-pyrrole nitrogens is 1. The van der Waals surface area contributed by atoms with Crippen LogP contribution < -0.4 is 10.9 Å². The first-order chi connectivity index (χ1) is 20.9. The number of Topliss-reactive ketones (excluding diaryl/α,β-unsaturated/α-hetero) is 1. The van der Waals surface area contributed by atoms with E-state index in [9.17, 15) is 14.4 Å². The molecule has 7 rings (SSSR count). The third-order valence-electron chi connectivity index (χ3n) is 8.60. The normalized spacial score (nSPS) is 17.1. The van der Waals surface area contributed by atoms with Crippen molar-refractivity contribution in [1.82, 2.24) is 14.9 Å². The van der Waals surface area contributed by atoms with E-state index in [0.717, 1.165) is 47.7 Å². The summed E-state index contributed by atoms with van der Waals surface area (Å²) < 4.78 is 9.63. The standard InChI is InChI=1S/C32H28N3O4.C3H5.Sn/c1-4-19-16-25-28(30-22(19)12-13-39-30)27(23-10-7-8-18(2)14-26(23)36)29(32(38)33-3)35(25)17-21-15-20-9-5-6-11-24(20)34-31(21)37;1-2-3-1;/h5-13,15-16,18H,3-4,14,17H2,1-2H3,(H,33,38)(H,34,37);1H,2-3H2;/t18-;;/m1../s1. The Hall–Kier alpha value is -3.85. The molecule has 1 atom stereocenters. The molecule has 1 fully saturated rings. The number of carbonyl (C=O) groups is 2. The van der Waals surface area contributed by atoms with Gasteiger partial charge in [-0.05, 0) is 0 Å². The number of benzene rings is 2. The molecule has 0 saturated heterocycles. The van der Waals surface area contributed by atoms with Gasteiger partial charge < -0.3 is 0 Å². The first-order valence-electron chi connectivity index (χ1n) is 15.0. The van der Waals surface area contributed by atoms with Crippen molar-refractivity contribution >= 4 is 71.2 Å². The number of aromatic nitrogens is 2. The van der Waals surface area contributed by atoms with E-state index in [1.165, 1.54) is 12.8 Å². The fourth-order valence-electron chi connectivity index (χ4n) is 6.23. The van der Waals surface area contributed by atoms with Crippen LogP contribution in [0.2, 0.25) is 3.93 Å². The first kappa shape index (κ1) is 28.0. The predicted octanol–water partition coefficient (Wildman–Crippen LogP) is 6.36. The van der Waals surface area contributed by atoms with Crippen molar-refractivity contribution in [3.8, 4) is 0 Å². The van der Waals surface area contributed by atoms with E-state index in [4.69, 9.17) is 4.42 Å². The molecule has 0 bridgehead atoms. The molecule has 43 heavy (non-hydrogen) atoms. The van der Waals surface area contributed by atoms with Crippen molar-refractivity contribution < 1.29 is 14.0 Å². The van der Waals surface area contributed by atoms with Crippen LogP contribution in [0.25, 0.3) is 38.3 Å². The molecule has 2 N–H and O–H groups in total. The van der Waals surface area contributed by atoms with E-state index in [2.05, 4.69) is 23.3 Å². The van der Waals surface area contributed by atoms with Gasteiger partial charge in [-0.15, -0.1) is 0 Å². The topological polar surface area (TPSA) is 97.1 Å². The van der Waals surface area contributed by atoms with E-state index < -0.39 is 21.1 Å². The molecule has 216 valence electrons. The number of aryl methyl sites for hydroxylation is 1. The van der Waals surface area contributed by atoms with Gasteiger partial charge in [0.15, 0.2) is 0 Å². The number of hydrogen-bond acceptors (Lipinski definition) is 4. The number of aromatic amines is 1. The predicted molar refractivity (Wildman–Crippen MR) is 172 cm³/mol. The summed E-state index contributed by atoms with van der Waals surface area (Å²) in [5, 5.41) is 5.86. The number of rotatable bonds is 8. The zero-order chi connectivity index (χ0) is 29.7. The summed E-state index contributed by atoms with van der Waals surface area (Å²) in [7, 11) is 0. The van der Waals surface area contributed by atoms with Crippen molar-refractivity contribution in [3.05, 3.63) is 99.7 Å². The first-order valence-corrected chi connectivity index (χ1v) is 18.7. The minimum atomic E-state index is -0.721. The van der Waals surface area contributed by atoms with E-state index >= 15 is 0 Å². The molecule has 8 heteroatoms. The van der Waals surface area contributed by atoms with Gasteiger partial charge in [0.25, 0.3) is 0 Å². The molecule has 1 saturated carbocycles. The zero-order valence-electron chi connectivity index (χ0n) is 24.3. The van der Waals surface area contributed by atoms with Gasteiger partial charge in [-0.25, -0.2) is 0 Å². The zero-order valence-corrected chi connectivity index (χ0v) is 27.2. The van der Waals surface area contributed by atoms with Crippen molar-refractivity contribution in [2.75, 3.05) is 4.56 Å². The second kappa shape index (κ2) is 11.3. The maximum atomic E-state index is 14.3. The minimum absolute atomic E-state index is 0.0112. The number of fused-ring (bicyclic) bond motifs is 4. The van der Waals surface area contributed by atoms with Gasteiger partial charge in [0, 0.05) is 0 Å².